The Hall–Kier alpha value is -1.01. The van der Waals surface area contributed by atoms with Gasteiger partial charge in [-0.2, -0.15) is 0 Å². The lowest BCUT2D eigenvalue weighted by molar-refractivity contribution is -0.117. The van der Waals surface area contributed by atoms with Gasteiger partial charge in [-0.1, -0.05) is 5.92 Å². The Morgan fingerprint density at radius 3 is 2.91 bits per heavy atom. The summed E-state index contributed by atoms with van der Waals surface area (Å²) in [6.07, 6.45) is 6.62. The number of carbonyl (C=O) groups is 1. The highest BCUT2D eigenvalue weighted by molar-refractivity contribution is 5.47. The number of amides is 1. The molecule has 0 unspecified atom stereocenters. The largest absolute Gasteiger partial charge is 0.385 e. The van der Waals surface area contributed by atoms with Gasteiger partial charge in [-0.3, -0.25) is 4.79 Å². The second-order valence-corrected chi connectivity index (χ2v) is 2.13. The second kappa shape index (κ2) is 7.10. The van der Waals surface area contributed by atoms with Crippen LogP contribution in [-0.4, -0.2) is 38.1 Å². The van der Waals surface area contributed by atoms with Gasteiger partial charge in [0.2, 0.25) is 6.41 Å². The van der Waals surface area contributed by atoms with Gasteiger partial charge in [0.15, 0.2) is 0 Å². The van der Waals surface area contributed by atoms with Crippen LogP contribution >= 0.6 is 0 Å². The van der Waals surface area contributed by atoms with E-state index < -0.39 is 0 Å². The summed E-state index contributed by atoms with van der Waals surface area (Å²) in [7, 11) is 1.63. The maximum Gasteiger partial charge on any atom is 0.210 e. The van der Waals surface area contributed by atoms with E-state index in [9.17, 15) is 4.79 Å². The van der Waals surface area contributed by atoms with Crippen molar-refractivity contribution in [2.24, 2.45) is 0 Å². The predicted molar refractivity (Wildman–Crippen MR) is 43.0 cm³/mol. The van der Waals surface area contributed by atoms with Gasteiger partial charge >= 0.3 is 0 Å². The van der Waals surface area contributed by atoms with Crippen molar-refractivity contribution in [2.45, 2.75) is 6.42 Å². The lowest BCUT2D eigenvalue weighted by Crippen LogP contribution is -2.24. The number of hydrogen-bond donors (Lipinski definition) is 0. The summed E-state index contributed by atoms with van der Waals surface area (Å²) in [6.45, 7) is 1.71. The first-order chi connectivity index (χ1) is 5.35. The third-order valence-corrected chi connectivity index (χ3v) is 1.24. The van der Waals surface area contributed by atoms with Crippen LogP contribution < -0.4 is 0 Å². The van der Waals surface area contributed by atoms with Gasteiger partial charge in [0.05, 0.1) is 6.54 Å². The van der Waals surface area contributed by atoms with E-state index in [4.69, 9.17) is 11.2 Å². The van der Waals surface area contributed by atoms with E-state index in [1.165, 1.54) is 0 Å². The van der Waals surface area contributed by atoms with Crippen LogP contribution in [0.25, 0.3) is 0 Å². The Balaban J connectivity index is 3.37. The SMILES string of the molecule is C#CCN(C=O)CCCOC. The topological polar surface area (TPSA) is 29.5 Å². The third-order valence-electron chi connectivity index (χ3n) is 1.24. The fraction of sp³-hybridized carbons (Fsp3) is 0.625. The zero-order valence-corrected chi connectivity index (χ0v) is 6.75. The summed E-state index contributed by atoms with van der Waals surface area (Å²) in [5.41, 5.74) is 0. The highest BCUT2D eigenvalue weighted by atomic mass is 16.5. The van der Waals surface area contributed by atoms with E-state index in [2.05, 4.69) is 5.92 Å². The maximum absolute atomic E-state index is 10.3. The summed E-state index contributed by atoms with van der Waals surface area (Å²) in [6, 6.07) is 0. The molecule has 11 heavy (non-hydrogen) atoms. The van der Waals surface area contributed by atoms with Crippen LogP contribution in [0.15, 0.2) is 0 Å². The van der Waals surface area contributed by atoms with Crippen LogP contribution in [0.2, 0.25) is 0 Å². The minimum absolute atomic E-state index is 0.382. The molecule has 0 spiro atoms. The Morgan fingerprint density at radius 2 is 2.45 bits per heavy atom. The number of terminal acetylenes is 1. The molecular formula is C8H13NO2. The molecule has 0 atom stereocenters. The van der Waals surface area contributed by atoms with Crippen molar-refractivity contribution >= 4 is 6.41 Å². The number of hydrogen-bond acceptors (Lipinski definition) is 2. The summed E-state index contributed by atoms with van der Waals surface area (Å²) >= 11 is 0. The number of nitrogens with zero attached hydrogens (tertiary/aromatic N) is 1. The van der Waals surface area contributed by atoms with Gasteiger partial charge in [0.25, 0.3) is 0 Å². The molecule has 0 aliphatic heterocycles. The van der Waals surface area contributed by atoms with E-state index >= 15 is 0 Å². The quantitative estimate of drug-likeness (QED) is 0.309. The molecule has 0 saturated carbocycles. The van der Waals surface area contributed by atoms with Gasteiger partial charge in [0, 0.05) is 20.3 Å². The number of carbonyl (C=O) groups excluding carboxylic acids is 1. The van der Waals surface area contributed by atoms with Crippen molar-refractivity contribution in [1.29, 1.82) is 0 Å². The van der Waals surface area contributed by atoms with E-state index in [1.54, 1.807) is 12.0 Å². The molecule has 3 heteroatoms. The minimum Gasteiger partial charge on any atom is -0.385 e. The molecule has 0 aromatic rings. The molecule has 0 fully saturated rings. The Morgan fingerprint density at radius 1 is 1.73 bits per heavy atom. The smallest absolute Gasteiger partial charge is 0.210 e. The molecule has 0 aliphatic rings. The minimum atomic E-state index is 0.382. The number of methoxy groups -OCH3 is 1. The monoisotopic (exact) mass is 155 g/mol. The van der Waals surface area contributed by atoms with Gasteiger partial charge < -0.3 is 9.64 Å². The van der Waals surface area contributed by atoms with E-state index in [-0.39, 0.29) is 0 Å². The number of ether oxygens (including phenoxy) is 1. The van der Waals surface area contributed by atoms with Crippen LogP contribution in [0.3, 0.4) is 0 Å². The second-order valence-electron chi connectivity index (χ2n) is 2.13. The zero-order valence-electron chi connectivity index (χ0n) is 6.75. The average Bonchev–Trinajstić information content (AvgIpc) is 2.03. The molecule has 0 N–H and O–H groups in total. The van der Waals surface area contributed by atoms with E-state index in [1.807, 2.05) is 0 Å². The van der Waals surface area contributed by atoms with Crippen molar-refractivity contribution in [1.82, 2.24) is 4.90 Å². The molecule has 1 amide bonds. The van der Waals surface area contributed by atoms with Crippen LogP contribution in [0, 0.1) is 12.3 Å². The molecule has 62 valence electrons. The summed E-state index contributed by atoms with van der Waals surface area (Å²) < 4.78 is 4.82. The maximum atomic E-state index is 10.3. The molecule has 0 aromatic heterocycles. The van der Waals surface area contributed by atoms with E-state index in [0.717, 1.165) is 12.8 Å². The Bertz CT molecular complexity index is 140. The molecule has 0 saturated heterocycles. The lowest BCUT2D eigenvalue weighted by Gasteiger charge is -2.12. The molecule has 0 bridgehead atoms. The Kier molecular flexibility index (Phi) is 6.45. The summed E-state index contributed by atoms with van der Waals surface area (Å²) in [4.78, 5) is 11.8. The average molecular weight is 155 g/mol. The van der Waals surface area contributed by atoms with Gasteiger partial charge in [-0.25, -0.2) is 0 Å². The van der Waals surface area contributed by atoms with Crippen molar-refractivity contribution < 1.29 is 9.53 Å². The molecule has 0 heterocycles. The molecule has 0 aromatic carbocycles. The van der Waals surface area contributed by atoms with Crippen LogP contribution in [0.5, 0.6) is 0 Å². The molecule has 0 radical (unpaired) electrons. The van der Waals surface area contributed by atoms with Crippen molar-refractivity contribution in [2.75, 3.05) is 26.8 Å². The molecule has 0 rings (SSSR count). The van der Waals surface area contributed by atoms with Crippen molar-refractivity contribution in [3.05, 3.63) is 0 Å². The van der Waals surface area contributed by atoms with Gasteiger partial charge in [0.1, 0.15) is 0 Å². The summed E-state index contributed by atoms with van der Waals surface area (Å²) in [5.74, 6) is 2.40. The first-order valence-electron chi connectivity index (χ1n) is 3.47. The normalized spacial score (nSPS) is 8.73. The highest BCUT2D eigenvalue weighted by Gasteiger charge is 1.96. The van der Waals surface area contributed by atoms with Gasteiger partial charge in [-0.15, -0.1) is 6.42 Å². The van der Waals surface area contributed by atoms with Crippen molar-refractivity contribution in [3.8, 4) is 12.3 Å². The lowest BCUT2D eigenvalue weighted by atomic mass is 10.4. The third kappa shape index (κ3) is 5.43. The van der Waals surface area contributed by atoms with Crippen LogP contribution in [-0.2, 0) is 9.53 Å². The van der Waals surface area contributed by atoms with Crippen LogP contribution in [0.1, 0.15) is 6.42 Å². The zero-order chi connectivity index (χ0) is 8.53. The molecule has 0 aliphatic carbocycles. The van der Waals surface area contributed by atoms with Gasteiger partial charge in [-0.05, 0) is 6.42 Å². The standard InChI is InChI=1S/C8H13NO2/c1-3-5-9(8-10)6-4-7-11-2/h1,8H,4-7H2,2H3. The Labute approximate surface area is 67.3 Å². The van der Waals surface area contributed by atoms with Crippen molar-refractivity contribution in [3.63, 3.8) is 0 Å². The van der Waals surface area contributed by atoms with E-state index in [0.29, 0.717) is 19.7 Å². The molecule has 3 nitrogen and oxygen atoms in total. The fourth-order valence-electron chi connectivity index (χ4n) is 0.698. The summed E-state index contributed by atoms with van der Waals surface area (Å²) in [5, 5.41) is 0. The first kappa shape index (κ1) is 9.99. The fourth-order valence-corrected chi connectivity index (χ4v) is 0.698. The first-order valence-corrected chi connectivity index (χ1v) is 3.47. The number of rotatable bonds is 6. The highest BCUT2D eigenvalue weighted by Crippen LogP contribution is 1.86. The molecular weight excluding hydrogens is 142 g/mol. The predicted octanol–water partition coefficient (Wildman–Crippen LogP) is 0.114. The van der Waals surface area contributed by atoms with Crippen LogP contribution in [0.4, 0.5) is 0 Å².